The van der Waals surface area contributed by atoms with Crippen LogP contribution < -0.4 is 0 Å². The maximum Gasteiger partial charge on any atom is 0.239 e. The summed E-state index contributed by atoms with van der Waals surface area (Å²) in [6.07, 6.45) is 4.00. The molecular formula is C6H9NO2. The van der Waals surface area contributed by atoms with E-state index in [9.17, 15) is 10.1 Å². The molecule has 0 amide bonds. The summed E-state index contributed by atoms with van der Waals surface area (Å²) in [6, 6.07) is 0. The van der Waals surface area contributed by atoms with Gasteiger partial charge in [-0.1, -0.05) is 0 Å². The fraction of sp³-hybridized carbons (Fsp3) is 0.667. The molecule has 1 fully saturated rings. The molecule has 0 unspecified atom stereocenters. The number of rotatable bonds is 2. The molecule has 1 aliphatic rings. The van der Waals surface area contributed by atoms with Gasteiger partial charge in [0, 0.05) is 6.92 Å². The highest BCUT2D eigenvalue weighted by Crippen LogP contribution is 2.31. The Kier molecular flexibility index (Phi) is 1.51. The molecule has 0 atom stereocenters. The van der Waals surface area contributed by atoms with E-state index in [4.69, 9.17) is 0 Å². The Labute approximate surface area is 53.5 Å². The zero-order valence-electron chi connectivity index (χ0n) is 5.33. The number of nitro groups is 1. The first kappa shape index (κ1) is 6.26. The van der Waals surface area contributed by atoms with E-state index in [0.717, 1.165) is 12.8 Å². The van der Waals surface area contributed by atoms with Crippen molar-refractivity contribution in [2.75, 3.05) is 0 Å². The van der Waals surface area contributed by atoms with Crippen molar-refractivity contribution in [2.24, 2.45) is 5.92 Å². The molecule has 0 saturated heterocycles. The van der Waals surface area contributed by atoms with Gasteiger partial charge in [0.1, 0.15) is 0 Å². The first-order valence-electron chi connectivity index (χ1n) is 3.03. The summed E-state index contributed by atoms with van der Waals surface area (Å²) in [5.41, 5.74) is 0.289. The third kappa shape index (κ3) is 1.83. The molecule has 0 heterocycles. The molecule has 0 N–H and O–H groups in total. The smallest absolute Gasteiger partial charge is 0.239 e. The molecule has 1 rings (SSSR count). The van der Waals surface area contributed by atoms with E-state index in [1.54, 1.807) is 13.0 Å². The molecule has 1 aliphatic carbocycles. The Morgan fingerprint density at radius 3 is 2.67 bits per heavy atom. The van der Waals surface area contributed by atoms with Crippen LogP contribution >= 0.6 is 0 Å². The van der Waals surface area contributed by atoms with Gasteiger partial charge in [-0.3, -0.25) is 10.1 Å². The highest BCUT2D eigenvalue weighted by Gasteiger charge is 2.21. The van der Waals surface area contributed by atoms with Gasteiger partial charge in [0.15, 0.2) is 0 Å². The van der Waals surface area contributed by atoms with Crippen LogP contribution in [0.25, 0.3) is 0 Å². The maximum atomic E-state index is 10.00. The summed E-state index contributed by atoms with van der Waals surface area (Å²) in [5.74, 6) is 0.510. The molecule has 0 aromatic rings. The Balaban J connectivity index is 2.46. The van der Waals surface area contributed by atoms with E-state index in [2.05, 4.69) is 0 Å². The average Bonchev–Trinajstić information content (AvgIpc) is 2.50. The van der Waals surface area contributed by atoms with Gasteiger partial charge in [-0.05, 0) is 24.8 Å². The number of nitrogens with zero attached hydrogens (tertiary/aromatic N) is 1. The molecular weight excluding hydrogens is 118 g/mol. The molecule has 0 radical (unpaired) electrons. The predicted octanol–water partition coefficient (Wildman–Crippen LogP) is 1.58. The second-order valence-electron chi connectivity index (χ2n) is 2.40. The summed E-state index contributed by atoms with van der Waals surface area (Å²) in [5, 5.41) is 10.00. The van der Waals surface area contributed by atoms with Gasteiger partial charge >= 0.3 is 0 Å². The Morgan fingerprint density at radius 1 is 1.78 bits per heavy atom. The van der Waals surface area contributed by atoms with Gasteiger partial charge in [0.25, 0.3) is 0 Å². The largest absolute Gasteiger partial charge is 0.259 e. The van der Waals surface area contributed by atoms with Crippen molar-refractivity contribution in [3.63, 3.8) is 0 Å². The fourth-order valence-electron chi connectivity index (χ4n) is 0.665. The quantitative estimate of drug-likeness (QED) is 0.417. The van der Waals surface area contributed by atoms with Crippen molar-refractivity contribution in [3.8, 4) is 0 Å². The number of hydrogen-bond acceptors (Lipinski definition) is 2. The third-order valence-electron chi connectivity index (χ3n) is 1.39. The van der Waals surface area contributed by atoms with Crippen LogP contribution in [0.15, 0.2) is 11.8 Å². The zero-order chi connectivity index (χ0) is 6.85. The van der Waals surface area contributed by atoms with E-state index in [1.807, 2.05) is 0 Å². The van der Waals surface area contributed by atoms with Crippen LogP contribution in [0, 0.1) is 16.0 Å². The molecule has 0 aliphatic heterocycles. The lowest BCUT2D eigenvalue weighted by Crippen LogP contribution is -1.93. The van der Waals surface area contributed by atoms with Crippen LogP contribution in [0.3, 0.4) is 0 Å². The predicted molar refractivity (Wildman–Crippen MR) is 33.5 cm³/mol. The monoisotopic (exact) mass is 127 g/mol. The van der Waals surface area contributed by atoms with E-state index in [-0.39, 0.29) is 10.6 Å². The van der Waals surface area contributed by atoms with E-state index in [1.165, 1.54) is 0 Å². The van der Waals surface area contributed by atoms with E-state index < -0.39 is 0 Å². The molecule has 0 aromatic carbocycles. The van der Waals surface area contributed by atoms with Crippen molar-refractivity contribution in [2.45, 2.75) is 19.8 Å². The maximum absolute atomic E-state index is 10.00. The lowest BCUT2D eigenvalue weighted by molar-refractivity contribution is -0.424. The van der Waals surface area contributed by atoms with Crippen molar-refractivity contribution in [3.05, 3.63) is 21.9 Å². The van der Waals surface area contributed by atoms with Gasteiger partial charge in [0.05, 0.1) is 4.92 Å². The van der Waals surface area contributed by atoms with E-state index in [0.29, 0.717) is 5.92 Å². The normalized spacial score (nSPS) is 19.9. The minimum absolute atomic E-state index is 0.289. The molecule has 1 saturated carbocycles. The second-order valence-corrected chi connectivity index (χ2v) is 2.40. The Morgan fingerprint density at radius 2 is 2.33 bits per heavy atom. The Bertz CT molecular complexity index is 158. The molecule has 3 nitrogen and oxygen atoms in total. The lowest BCUT2D eigenvalue weighted by atomic mass is 10.3. The van der Waals surface area contributed by atoms with Gasteiger partial charge < -0.3 is 0 Å². The van der Waals surface area contributed by atoms with Crippen LogP contribution in [0.4, 0.5) is 0 Å². The van der Waals surface area contributed by atoms with Gasteiger partial charge in [-0.2, -0.15) is 0 Å². The molecule has 3 heteroatoms. The van der Waals surface area contributed by atoms with Crippen LogP contribution in [-0.2, 0) is 0 Å². The van der Waals surface area contributed by atoms with E-state index >= 15 is 0 Å². The molecule has 0 bridgehead atoms. The minimum Gasteiger partial charge on any atom is -0.259 e. The van der Waals surface area contributed by atoms with Gasteiger partial charge in [0.2, 0.25) is 5.70 Å². The summed E-state index contributed by atoms with van der Waals surface area (Å²) in [7, 11) is 0. The summed E-state index contributed by atoms with van der Waals surface area (Å²) in [4.78, 5) is 9.66. The molecule has 9 heavy (non-hydrogen) atoms. The minimum atomic E-state index is -0.335. The SMILES string of the molecule is CC(=CC1CC1)[N+](=O)[O-]. The second kappa shape index (κ2) is 2.17. The number of hydrogen-bond donors (Lipinski definition) is 0. The fourth-order valence-corrected chi connectivity index (χ4v) is 0.665. The average molecular weight is 127 g/mol. The summed E-state index contributed by atoms with van der Waals surface area (Å²) in [6.45, 7) is 1.54. The molecule has 0 spiro atoms. The van der Waals surface area contributed by atoms with Crippen LogP contribution in [-0.4, -0.2) is 4.92 Å². The molecule has 50 valence electrons. The van der Waals surface area contributed by atoms with Crippen molar-refractivity contribution < 1.29 is 4.92 Å². The highest BCUT2D eigenvalue weighted by atomic mass is 16.6. The zero-order valence-corrected chi connectivity index (χ0v) is 5.33. The summed E-state index contributed by atoms with van der Waals surface area (Å²) >= 11 is 0. The lowest BCUT2D eigenvalue weighted by Gasteiger charge is -1.85. The first-order valence-corrected chi connectivity index (χ1v) is 3.03. The van der Waals surface area contributed by atoms with Gasteiger partial charge in [-0.25, -0.2) is 0 Å². The molecule has 0 aromatic heterocycles. The summed E-state index contributed by atoms with van der Waals surface area (Å²) < 4.78 is 0. The van der Waals surface area contributed by atoms with Crippen LogP contribution in [0.2, 0.25) is 0 Å². The first-order chi connectivity index (χ1) is 4.20. The number of allylic oxidation sites excluding steroid dienone is 2. The topological polar surface area (TPSA) is 43.1 Å². The van der Waals surface area contributed by atoms with Gasteiger partial charge in [-0.15, -0.1) is 0 Å². The highest BCUT2D eigenvalue weighted by molar-refractivity contribution is 4.98. The Hall–Kier alpha value is -0.860. The van der Waals surface area contributed by atoms with Crippen LogP contribution in [0.5, 0.6) is 0 Å². The third-order valence-corrected chi connectivity index (χ3v) is 1.39. The van der Waals surface area contributed by atoms with Crippen molar-refractivity contribution in [1.29, 1.82) is 0 Å². The van der Waals surface area contributed by atoms with Crippen molar-refractivity contribution in [1.82, 2.24) is 0 Å². The van der Waals surface area contributed by atoms with Crippen LogP contribution in [0.1, 0.15) is 19.8 Å². The van der Waals surface area contributed by atoms with Crippen molar-refractivity contribution >= 4 is 0 Å². The standard InChI is InChI=1S/C6H9NO2/c1-5(7(8)9)4-6-2-3-6/h4,6H,2-3H2,1H3.